The van der Waals surface area contributed by atoms with Crippen LogP contribution in [-0.4, -0.2) is 5.79 Å². The third kappa shape index (κ3) is 2.34. The van der Waals surface area contributed by atoms with Crippen molar-refractivity contribution in [2.24, 2.45) is 0 Å². The van der Waals surface area contributed by atoms with Crippen LogP contribution in [0.3, 0.4) is 0 Å². The summed E-state index contributed by atoms with van der Waals surface area (Å²) >= 11 is 0. The fourth-order valence-corrected chi connectivity index (χ4v) is 2.02. The lowest BCUT2D eigenvalue weighted by Gasteiger charge is -2.40. The van der Waals surface area contributed by atoms with Crippen molar-refractivity contribution in [3.8, 4) is 0 Å². The van der Waals surface area contributed by atoms with E-state index in [9.17, 15) is 0 Å². The summed E-state index contributed by atoms with van der Waals surface area (Å²) in [6.45, 7) is 3.43. The lowest BCUT2D eigenvalue weighted by atomic mass is 9.97. The van der Waals surface area contributed by atoms with Crippen LogP contribution < -0.4 is 0 Å². The fourth-order valence-electron chi connectivity index (χ4n) is 2.02. The van der Waals surface area contributed by atoms with Crippen LogP contribution in [0.5, 0.6) is 0 Å². The fraction of sp³-hybridized carbons (Fsp3) is 0.250. The highest BCUT2D eigenvalue weighted by atomic mass is 17.4. The van der Waals surface area contributed by atoms with E-state index in [2.05, 4.69) is 0 Å². The van der Waals surface area contributed by atoms with Crippen LogP contribution in [-0.2, 0) is 25.3 Å². The molecule has 104 valence electrons. The molecule has 4 heteroatoms. The van der Waals surface area contributed by atoms with Crippen LogP contribution in [0, 0.1) is 0 Å². The third-order valence-corrected chi connectivity index (χ3v) is 3.03. The summed E-state index contributed by atoms with van der Waals surface area (Å²) in [4.78, 5) is 21.9. The van der Waals surface area contributed by atoms with Gasteiger partial charge in [-0.15, -0.1) is 0 Å². The van der Waals surface area contributed by atoms with Gasteiger partial charge in [0.2, 0.25) is 5.79 Å². The minimum atomic E-state index is -1.22. The Morgan fingerprint density at radius 1 is 0.600 bits per heavy atom. The van der Waals surface area contributed by atoms with Gasteiger partial charge in [-0.3, -0.25) is 0 Å². The highest BCUT2D eigenvalue weighted by Crippen LogP contribution is 2.41. The van der Waals surface area contributed by atoms with Gasteiger partial charge >= 0.3 is 0 Å². The third-order valence-electron chi connectivity index (χ3n) is 3.03. The van der Waals surface area contributed by atoms with E-state index < -0.39 is 11.6 Å². The molecule has 2 aromatic rings. The highest BCUT2D eigenvalue weighted by Gasteiger charge is 2.47. The Balaban J connectivity index is 2.06. The van der Waals surface area contributed by atoms with Crippen molar-refractivity contribution in [1.82, 2.24) is 0 Å². The Hall–Kier alpha value is -1.72. The molecule has 20 heavy (non-hydrogen) atoms. The van der Waals surface area contributed by atoms with Crippen molar-refractivity contribution in [3.63, 3.8) is 0 Å². The molecule has 4 nitrogen and oxygen atoms in total. The van der Waals surface area contributed by atoms with Crippen molar-refractivity contribution in [3.05, 3.63) is 71.8 Å². The largest absolute Gasteiger partial charge is 0.284 e. The molecular weight excluding hydrogens is 256 g/mol. The Labute approximate surface area is 117 Å². The first-order valence-corrected chi connectivity index (χ1v) is 6.47. The molecule has 2 aromatic carbocycles. The standard InChI is InChI=1S/C16H16O4/c1-15(2)17-19-16(20-18-15,13-9-5-3-6-10-13)14-11-7-4-8-12-14/h3-12H,1-2H3. The van der Waals surface area contributed by atoms with Crippen LogP contribution in [0.2, 0.25) is 0 Å². The molecule has 0 spiro atoms. The predicted molar refractivity (Wildman–Crippen MR) is 72.1 cm³/mol. The van der Waals surface area contributed by atoms with E-state index in [1.807, 2.05) is 60.7 Å². The van der Waals surface area contributed by atoms with Crippen LogP contribution in [0.1, 0.15) is 25.0 Å². The van der Waals surface area contributed by atoms with Gasteiger partial charge in [-0.2, -0.15) is 19.6 Å². The molecule has 0 N–H and O–H groups in total. The molecule has 3 rings (SSSR count). The van der Waals surface area contributed by atoms with E-state index in [0.717, 1.165) is 11.1 Å². The SMILES string of the molecule is CC1(C)OOC(c2ccccc2)(c2ccccc2)OO1. The van der Waals surface area contributed by atoms with Gasteiger partial charge in [0.25, 0.3) is 5.79 Å². The maximum atomic E-state index is 5.61. The number of hydrogen-bond acceptors (Lipinski definition) is 4. The molecule has 1 aliphatic heterocycles. The Bertz CT molecular complexity index is 514. The first kappa shape index (κ1) is 13.3. The summed E-state index contributed by atoms with van der Waals surface area (Å²) in [7, 11) is 0. The number of hydrogen-bond donors (Lipinski definition) is 0. The average molecular weight is 272 g/mol. The summed E-state index contributed by atoms with van der Waals surface area (Å²) < 4.78 is 0. The molecule has 0 saturated carbocycles. The smallest absolute Gasteiger partial charge is 0.195 e. The van der Waals surface area contributed by atoms with Crippen molar-refractivity contribution in [1.29, 1.82) is 0 Å². The summed E-state index contributed by atoms with van der Waals surface area (Å²) in [5.74, 6) is -2.18. The molecular formula is C16H16O4. The van der Waals surface area contributed by atoms with E-state index in [1.165, 1.54) is 0 Å². The first-order chi connectivity index (χ1) is 9.62. The van der Waals surface area contributed by atoms with Crippen molar-refractivity contribution in [2.45, 2.75) is 25.4 Å². The first-order valence-electron chi connectivity index (χ1n) is 6.47. The van der Waals surface area contributed by atoms with Gasteiger partial charge in [0.15, 0.2) is 0 Å². The highest BCUT2D eigenvalue weighted by molar-refractivity contribution is 5.33. The second-order valence-corrected chi connectivity index (χ2v) is 5.08. The molecule has 0 amide bonds. The van der Waals surface area contributed by atoms with Crippen LogP contribution in [0.25, 0.3) is 0 Å². The van der Waals surface area contributed by atoms with Gasteiger partial charge < -0.3 is 0 Å². The summed E-state index contributed by atoms with van der Waals surface area (Å²) in [5.41, 5.74) is 1.59. The molecule has 1 saturated heterocycles. The normalized spacial score (nSPS) is 20.5. The van der Waals surface area contributed by atoms with Gasteiger partial charge in [0.05, 0.1) is 0 Å². The van der Waals surface area contributed by atoms with Gasteiger partial charge in [-0.1, -0.05) is 60.7 Å². The predicted octanol–water partition coefficient (Wildman–Crippen LogP) is 3.53. The molecule has 1 aliphatic rings. The van der Waals surface area contributed by atoms with Gasteiger partial charge in [-0.05, 0) is 13.8 Å². The van der Waals surface area contributed by atoms with E-state index in [1.54, 1.807) is 13.8 Å². The molecule has 0 aromatic heterocycles. The quantitative estimate of drug-likeness (QED) is 0.784. The van der Waals surface area contributed by atoms with Crippen molar-refractivity contribution in [2.75, 3.05) is 0 Å². The maximum Gasteiger partial charge on any atom is 0.284 e. The molecule has 0 aliphatic carbocycles. The lowest BCUT2D eigenvalue weighted by molar-refractivity contribution is -0.648. The summed E-state index contributed by atoms with van der Waals surface area (Å²) in [6.07, 6.45) is 0. The van der Waals surface area contributed by atoms with Crippen molar-refractivity contribution < 1.29 is 19.6 Å². The average Bonchev–Trinajstić information content (AvgIpc) is 2.50. The second-order valence-electron chi connectivity index (χ2n) is 5.08. The topological polar surface area (TPSA) is 36.9 Å². The zero-order valence-corrected chi connectivity index (χ0v) is 11.4. The summed E-state index contributed by atoms with van der Waals surface area (Å²) in [6, 6.07) is 19.1. The van der Waals surface area contributed by atoms with Crippen molar-refractivity contribution >= 4 is 0 Å². The van der Waals surface area contributed by atoms with Crippen LogP contribution in [0.15, 0.2) is 60.7 Å². The van der Waals surface area contributed by atoms with Gasteiger partial charge in [-0.25, -0.2) is 0 Å². The van der Waals surface area contributed by atoms with Crippen LogP contribution in [0.4, 0.5) is 0 Å². The van der Waals surface area contributed by atoms with E-state index in [-0.39, 0.29) is 0 Å². The Kier molecular flexibility index (Phi) is 3.31. The van der Waals surface area contributed by atoms with E-state index in [0.29, 0.717) is 0 Å². The van der Waals surface area contributed by atoms with E-state index in [4.69, 9.17) is 19.6 Å². The minimum Gasteiger partial charge on any atom is -0.195 e. The van der Waals surface area contributed by atoms with Crippen LogP contribution >= 0.6 is 0 Å². The Morgan fingerprint density at radius 3 is 1.40 bits per heavy atom. The molecule has 0 atom stereocenters. The molecule has 0 unspecified atom stereocenters. The minimum absolute atomic E-state index is 0.793. The van der Waals surface area contributed by atoms with Gasteiger partial charge in [0.1, 0.15) is 0 Å². The summed E-state index contributed by atoms with van der Waals surface area (Å²) in [5, 5.41) is 0. The lowest BCUT2D eigenvalue weighted by Crippen LogP contribution is -2.46. The number of benzene rings is 2. The molecule has 0 radical (unpaired) electrons. The Morgan fingerprint density at radius 2 is 1.00 bits per heavy atom. The zero-order chi connectivity index (χ0) is 14.1. The maximum absolute atomic E-state index is 5.61. The molecule has 1 fully saturated rings. The molecule has 1 heterocycles. The van der Waals surface area contributed by atoms with Gasteiger partial charge in [0, 0.05) is 11.1 Å². The second kappa shape index (κ2) is 5.00. The number of rotatable bonds is 2. The van der Waals surface area contributed by atoms with E-state index >= 15 is 0 Å². The monoisotopic (exact) mass is 272 g/mol. The zero-order valence-electron chi connectivity index (χ0n) is 11.4. The molecule has 0 bridgehead atoms.